The number of benzene rings is 1. The topological polar surface area (TPSA) is 58.9 Å². The summed E-state index contributed by atoms with van der Waals surface area (Å²) in [6.45, 7) is -0.425. The van der Waals surface area contributed by atoms with Crippen LogP contribution in [-0.2, 0) is 9.47 Å². The summed E-state index contributed by atoms with van der Waals surface area (Å²) in [5.74, 6) is 0. The number of halogens is 2. The first kappa shape index (κ1) is 13.1. The van der Waals surface area contributed by atoms with Gasteiger partial charge in [0.25, 0.3) is 0 Å². The summed E-state index contributed by atoms with van der Waals surface area (Å²) < 4.78 is 10.9. The molecule has 1 aliphatic heterocycles. The molecule has 0 saturated carbocycles. The van der Waals surface area contributed by atoms with Crippen LogP contribution in [0.15, 0.2) is 18.2 Å². The molecule has 94 valence electrons. The molecule has 2 rings (SSSR count). The molecule has 4 nitrogen and oxygen atoms in total. The molecule has 0 aromatic heterocycles. The number of ether oxygens (including phenoxy) is 2. The predicted octanol–water partition coefficient (Wildman–Crippen LogP) is 1.76. The first-order valence-corrected chi connectivity index (χ1v) is 5.88. The van der Waals surface area contributed by atoms with Gasteiger partial charge in [0.15, 0.2) is 6.29 Å². The van der Waals surface area contributed by atoms with Crippen LogP contribution in [-0.4, -0.2) is 35.6 Å². The molecule has 0 bridgehead atoms. The molecule has 2 unspecified atom stereocenters. The van der Waals surface area contributed by atoms with Gasteiger partial charge in [-0.05, 0) is 18.2 Å². The van der Waals surface area contributed by atoms with E-state index in [0.717, 1.165) is 0 Å². The lowest BCUT2D eigenvalue weighted by molar-refractivity contribution is -0.0770. The Hall–Kier alpha value is -0.360. The van der Waals surface area contributed by atoms with Gasteiger partial charge >= 0.3 is 0 Å². The number of aliphatic hydroxyl groups is 2. The summed E-state index contributed by atoms with van der Waals surface area (Å²) in [5.41, 5.74) is 0.664. The van der Waals surface area contributed by atoms with Crippen LogP contribution < -0.4 is 0 Å². The van der Waals surface area contributed by atoms with Gasteiger partial charge in [0, 0.05) is 15.6 Å². The molecule has 0 radical (unpaired) electrons. The Morgan fingerprint density at radius 3 is 1.82 bits per heavy atom. The van der Waals surface area contributed by atoms with Crippen LogP contribution in [0, 0.1) is 0 Å². The molecule has 1 heterocycles. The minimum atomic E-state index is -0.666. The van der Waals surface area contributed by atoms with E-state index >= 15 is 0 Å². The van der Waals surface area contributed by atoms with Crippen molar-refractivity contribution < 1.29 is 19.7 Å². The minimum Gasteiger partial charge on any atom is -0.394 e. The maximum absolute atomic E-state index is 9.07. The van der Waals surface area contributed by atoms with E-state index in [9.17, 15) is 0 Å². The van der Waals surface area contributed by atoms with Crippen LogP contribution in [0.5, 0.6) is 0 Å². The number of hydrogen-bond donors (Lipinski definition) is 2. The molecule has 6 heteroatoms. The second-order valence-electron chi connectivity index (χ2n) is 3.75. The summed E-state index contributed by atoms with van der Waals surface area (Å²) in [4.78, 5) is 0. The fraction of sp³-hybridized carbons (Fsp3) is 0.455. The van der Waals surface area contributed by atoms with E-state index in [1.807, 2.05) is 0 Å². The van der Waals surface area contributed by atoms with Crippen molar-refractivity contribution in [3.05, 3.63) is 33.8 Å². The second kappa shape index (κ2) is 5.52. The van der Waals surface area contributed by atoms with E-state index in [2.05, 4.69) is 0 Å². The van der Waals surface area contributed by atoms with Crippen LogP contribution in [0.3, 0.4) is 0 Å². The van der Waals surface area contributed by atoms with Crippen LogP contribution >= 0.6 is 23.2 Å². The number of aliphatic hydroxyl groups excluding tert-OH is 2. The first-order chi connectivity index (χ1) is 8.13. The Kier molecular flexibility index (Phi) is 4.25. The van der Waals surface area contributed by atoms with Crippen LogP contribution in [0.1, 0.15) is 11.9 Å². The standard InChI is InChI=1S/C11H12Cl2O4/c12-7-1-6(2-8(13)3-7)11-16-9(4-14)10(5-15)17-11/h1-3,9-11,14-15H,4-5H2. The monoisotopic (exact) mass is 278 g/mol. The molecule has 1 fully saturated rings. The third-order valence-electron chi connectivity index (χ3n) is 2.53. The molecule has 0 spiro atoms. The van der Waals surface area contributed by atoms with Crippen LogP contribution in [0.4, 0.5) is 0 Å². The van der Waals surface area contributed by atoms with Crippen molar-refractivity contribution in [1.29, 1.82) is 0 Å². The Bertz CT molecular complexity index is 367. The predicted molar refractivity (Wildman–Crippen MR) is 63.1 cm³/mol. The highest BCUT2D eigenvalue weighted by Crippen LogP contribution is 2.33. The Morgan fingerprint density at radius 1 is 0.941 bits per heavy atom. The first-order valence-electron chi connectivity index (χ1n) is 5.12. The fourth-order valence-corrected chi connectivity index (χ4v) is 2.26. The third-order valence-corrected chi connectivity index (χ3v) is 2.96. The number of rotatable bonds is 3. The van der Waals surface area contributed by atoms with Gasteiger partial charge in [-0.1, -0.05) is 23.2 Å². The van der Waals surface area contributed by atoms with Gasteiger partial charge in [-0.15, -0.1) is 0 Å². The molecular weight excluding hydrogens is 267 g/mol. The lowest BCUT2D eigenvalue weighted by atomic mass is 10.2. The maximum Gasteiger partial charge on any atom is 0.185 e. The van der Waals surface area contributed by atoms with Gasteiger partial charge < -0.3 is 19.7 Å². The lowest BCUT2D eigenvalue weighted by Crippen LogP contribution is -2.29. The quantitative estimate of drug-likeness (QED) is 0.885. The second-order valence-corrected chi connectivity index (χ2v) is 4.62. The van der Waals surface area contributed by atoms with Crippen molar-refractivity contribution in [2.45, 2.75) is 18.5 Å². The molecule has 2 atom stereocenters. The lowest BCUT2D eigenvalue weighted by Gasteiger charge is -2.11. The van der Waals surface area contributed by atoms with Crippen molar-refractivity contribution >= 4 is 23.2 Å². The molecule has 2 N–H and O–H groups in total. The molecule has 1 aromatic carbocycles. The van der Waals surface area contributed by atoms with Gasteiger partial charge in [-0.25, -0.2) is 0 Å². The average molecular weight is 279 g/mol. The van der Waals surface area contributed by atoms with E-state index in [1.54, 1.807) is 18.2 Å². The highest BCUT2D eigenvalue weighted by molar-refractivity contribution is 6.34. The largest absolute Gasteiger partial charge is 0.394 e. The van der Waals surface area contributed by atoms with Crippen molar-refractivity contribution in [1.82, 2.24) is 0 Å². The average Bonchev–Trinajstić information content (AvgIpc) is 2.70. The molecule has 1 aromatic rings. The van der Waals surface area contributed by atoms with Gasteiger partial charge in [-0.3, -0.25) is 0 Å². The molecular formula is C11H12Cl2O4. The van der Waals surface area contributed by atoms with Crippen LogP contribution in [0.2, 0.25) is 10.0 Å². The molecule has 0 aliphatic carbocycles. The van der Waals surface area contributed by atoms with Gasteiger partial charge in [0.05, 0.1) is 13.2 Å². The normalized spacial score (nSPS) is 28.6. The van der Waals surface area contributed by atoms with E-state index in [-0.39, 0.29) is 13.2 Å². The minimum absolute atomic E-state index is 0.212. The highest BCUT2D eigenvalue weighted by Gasteiger charge is 2.36. The zero-order chi connectivity index (χ0) is 12.4. The molecule has 1 aliphatic rings. The zero-order valence-electron chi connectivity index (χ0n) is 8.85. The number of hydrogen-bond acceptors (Lipinski definition) is 4. The summed E-state index contributed by atoms with van der Waals surface area (Å²) in [5, 5.41) is 19.1. The highest BCUT2D eigenvalue weighted by atomic mass is 35.5. The van der Waals surface area contributed by atoms with Crippen molar-refractivity contribution in [2.24, 2.45) is 0 Å². The molecule has 17 heavy (non-hydrogen) atoms. The summed E-state index contributed by atoms with van der Waals surface area (Å²) >= 11 is 11.7. The van der Waals surface area contributed by atoms with Gasteiger partial charge in [0.1, 0.15) is 12.2 Å². The molecule has 1 saturated heterocycles. The maximum atomic E-state index is 9.07. The van der Waals surface area contributed by atoms with E-state index < -0.39 is 18.5 Å². The smallest absolute Gasteiger partial charge is 0.185 e. The summed E-state index contributed by atoms with van der Waals surface area (Å²) in [7, 11) is 0. The summed E-state index contributed by atoms with van der Waals surface area (Å²) in [6.07, 6.45) is -1.74. The van der Waals surface area contributed by atoms with Gasteiger partial charge in [-0.2, -0.15) is 0 Å². The third kappa shape index (κ3) is 2.91. The van der Waals surface area contributed by atoms with Crippen molar-refractivity contribution in [3.8, 4) is 0 Å². The molecule has 0 amide bonds. The Morgan fingerprint density at radius 2 is 1.41 bits per heavy atom. The van der Waals surface area contributed by atoms with Crippen LogP contribution in [0.25, 0.3) is 0 Å². The Labute approximate surface area is 109 Å². The Balaban J connectivity index is 2.18. The zero-order valence-corrected chi connectivity index (χ0v) is 10.4. The summed E-state index contributed by atoms with van der Waals surface area (Å²) in [6, 6.07) is 4.95. The van der Waals surface area contributed by atoms with E-state index in [1.165, 1.54) is 0 Å². The van der Waals surface area contributed by atoms with Gasteiger partial charge in [0.2, 0.25) is 0 Å². The van der Waals surface area contributed by atoms with Crippen molar-refractivity contribution in [2.75, 3.05) is 13.2 Å². The fourth-order valence-electron chi connectivity index (χ4n) is 1.71. The SMILES string of the molecule is OCC1OC(c2cc(Cl)cc(Cl)c2)OC1CO. The van der Waals surface area contributed by atoms with E-state index in [0.29, 0.717) is 15.6 Å². The van der Waals surface area contributed by atoms with Crippen molar-refractivity contribution in [3.63, 3.8) is 0 Å². The van der Waals surface area contributed by atoms with E-state index in [4.69, 9.17) is 42.9 Å².